The highest BCUT2D eigenvalue weighted by atomic mass is 35.5. The van der Waals surface area contributed by atoms with Crippen LogP contribution in [0.25, 0.3) is 0 Å². The molecule has 1 aromatic carbocycles. The van der Waals surface area contributed by atoms with Crippen molar-refractivity contribution in [3.63, 3.8) is 0 Å². The van der Waals surface area contributed by atoms with Gasteiger partial charge in [0, 0.05) is 17.0 Å². The van der Waals surface area contributed by atoms with E-state index in [2.05, 4.69) is 0 Å². The van der Waals surface area contributed by atoms with E-state index in [1.807, 2.05) is 13.8 Å². The third-order valence-electron chi connectivity index (χ3n) is 2.22. The Morgan fingerprint density at radius 3 is 2.57 bits per heavy atom. The number of rotatable bonds is 2. The minimum atomic E-state index is 0.0170. The fraction of sp³-hybridized carbons (Fsp3) is 0.364. The normalized spacial score (nSPS) is 10.3. The topological polar surface area (TPSA) is 37.3 Å². The van der Waals surface area contributed by atoms with Crippen LogP contribution >= 0.6 is 11.6 Å². The van der Waals surface area contributed by atoms with Gasteiger partial charge in [0.05, 0.1) is 0 Å². The van der Waals surface area contributed by atoms with E-state index >= 15 is 0 Å². The second-order valence-electron chi connectivity index (χ2n) is 3.51. The number of hydrogen-bond acceptors (Lipinski definition) is 2. The summed E-state index contributed by atoms with van der Waals surface area (Å²) in [7, 11) is 0. The van der Waals surface area contributed by atoms with Gasteiger partial charge in [0.25, 0.3) is 0 Å². The summed E-state index contributed by atoms with van der Waals surface area (Å²) in [5.74, 6) is 0.169. The molecule has 2 nitrogen and oxygen atoms in total. The Bertz CT molecular complexity index is 383. The predicted molar refractivity (Wildman–Crippen MR) is 57.0 cm³/mol. The maximum atomic E-state index is 11.0. The van der Waals surface area contributed by atoms with Gasteiger partial charge in [-0.25, -0.2) is 0 Å². The number of carbonyl (C=O) groups excluding carboxylic acids is 1. The van der Waals surface area contributed by atoms with E-state index in [1.54, 1.807) is 6.07 Å². The average molecular weight is 213 g/mol. The van der Waals surface area contributed by atoms with Gasteiger partial charge in [-0.15, -0.1) is 0 Å². The Balaban J connectivity index is 3.29. The highest BCUT2D eigenvalue weighted by Gasteiger charge is 2.12. The number of aryl methyl sites for hydroxylation is 1. The van der Waals surface area contributed by atoms with E-state index in [0.717, 1.165) is 11.1 Å². The first-order valence-corrected chi connectivity index (χ1v) is 4.78. The third kappa shape index (κ3) is 2.07. The molecule has 0 amide bonds. The number of halogens is 1. The van der Waals surface area contributed by atoms with Gasteiger partial charge in [-0.2, -0.15) is 0 Å². The molecule has 14 heavy (non-hydrogen) atoms. The molecule has 0 atom stereocenters. The summed E-state index contributed by atoms with van der Waals surface area (Å²) < 4.78 is 0. The van der Waals surface area contributed by atoms with Crippen molar-refractivity contribution < 1.29 is 9.90 Å². The van der Waals surface area contributed by atoms with Gasteiger partial charge in [0.1, 0.15) is 11.5 Å². The molecule has 1 N–H and O–H groups in total. The molecule has 3 heteroatoms. The Kier molecular flexibility index (Phi) is 3.17. The van der Waals surface area contributed by atoms with Crippen LogP contribution in [0.4, 0.5) is 0 Å². The van der Waals surface area contributed by atoms with Crippen LogP contribution < -0.4 is 0 Å². The lowest BCUT2D eigenvalue weighted by Crippen LogP contribution is -2.00. The van der Waals surface area contributed by atoms with Gasteiger partial charge < -0.3 is 5.11 Å². The summed E-state index contributed by atoms with van der Waals surface area (Å²) in [5, 5.41) is 10.3. The van der Waals surface area contributed by atoms with Crippen molar-refractivity contribution >= 4 is 17.4 Å². The molecule has 0 saturated carbocycles. The number of ketones is 1. The lowest BCUT2D eigenvalue weighted by Gasteiger charge is -2.10. The maximum Gasteiger partial charge on any atom is 0.134 e. The highest BCUT2D eigenvalue weighted by Crippen LogP contribution is 2.31. The fourth-order valence-electron chi connectivity index (χ4n) is 1.45. The van der Waals surface area contributed by atoms with Crippen molar-refractivity contribution in [1.82, 2.24) is 0 Å². The standard InChI is InChI=1S/C11H13ClO2/c1-6-4-10(14)9(5-7(2)13)8(3)11(6)12/h4,14H,5H2,1-3H3. The molecule has 0 spiro atoms. The van der Waals surface area contributed by atoms with Crippen LogP contribution in [0, 0.1) is 13.8 Å². The molecule has 0 saturated heterocycles. The number of aromatic hydroxyl groups is 1. The minimum absolute atomic E-state index is 0.0170. The van der Waals surface area contributed by atoms with Crippen LogP contribution in [-0.2, 0) is 11.2 Å². The number of carbonyl (C=O) groups is 1. The fourth-order valence-corrected chi connectivity index (χ4v) is 1.62. The predicted octanol–water partition coefficient (Wildman–Crippen LogP) is 2.79. The number of hydrogen-bond donors (Lipinski definition) is 1. The van der Waals surface area contributed by atoms with E-state index in [-0.39, 0.29) is 18.0 Å². The molecule has 0 aromatic heterocycles. The molecule has 0 bridgehead atoms. The molecule has 0 unspecified atom stereocenters. The molecule has 0 fully saturated rings. The van der Waals surface area contributed by atoms with E-state index in [4.69, 9.17) is 11.6 Å². The second kappa shape index (κ2) is 4.01. The number of phenols is 1. The van der Waals surface area contributed by atoms with E-state index in [0.29, 0.717) is 10.6 Å². The number of benzene rings is 1. The smallest absolute Gasteiger partial charge is 0.134 e. The molecule has 1 aromatic rings. The van der Waals surface area contributed by atoms with Gasteiger partial charge in [-0.3, -0.25) is 4.79 Å². The third-order valence-corrected chi connectivity index (χ3v) is 2.80. The first kappa shape index (κ1) is 11.1. The molecule has 0 aliphatic carbocycles. The SMILES string of the molecule is CC(=O)Cc1c(O)cc(C)c(Cl)c1C. The van der Waals surface area contributed by atoms with Crippen LogP contribution in [0.1, 0.15) is 23.6 Å². The molecule has 76 valence electrons. The lowest BCUT2D eigenvalue weighted by molar-refractivity contribution is -0.116. The number of Topliss-reactive ketones (excluding diaryl/α,β-unsaturated/α-hetero) is 1. The zero-order chi connectivity index (χ0) is 10.9. The highest BCUT2D eigenvalue weighted by molar-refractivity contribution is 6.32. The van der Waals surface area contributed by atoms with Gasteiger partial charge in [0.2, 0.25) is 0 Å². The molecule has 0 heterocycles. The van der Waals surface area contributed by atoms with Crippen LogP contribution in [0.5, 0.6) is 5.75 Å². The molecule has 0 aliphatic rings. The Labute approximate surface area is 88.5 Å². The first-order valence-electron chi connectivity index (χ1n) is 4.40. The van der Waals surface area contributed by atoms with Gasteiger partial charge in [-0.05, 0) is 38.0 Å². The maximum absolute atomic E-state index is 11.0. The Morgan fingerprint density at radius 1 is 1.50 bits per heavy atom. The lowest BCUT2D eigenvalue weighted by atomic mass is 10.00. The van der Waals surface area contributed by atoms with Crippen LogP contribution in [0.3, 0.4) is 0 Å². The zero-order valence-electron chi connectivity index (χ0n) is 8.52. The van der Waals surface area contributed by atoms with E-state index in [1.165, 1.54) is 6.92 Å². The molecule has 0 radical (unpaired) electrons. The van der Waals surface area contributed by atoms with Crippen molar-refractivity contribution in [3.05, 3.63) is 27.8 Å². The zero-order valence-corrected chi connectivity index (χ0v) is 9.27. The summed E-state index contributed by atoms with van der Waals surface area (Å²) in [6, 6.07) is 1.59. The monoisotopic (exact) mass is 212 g/mol. The summed E-state index contributed by atoms with van der Waals surface area (Å²) in [4.78, 5) is 11.0. The molecule has 1 rings (SSSR count). The van der Waals surface area contributed by atoms with Crippen molar-refractivity contribution in [2.45, 2.75) is 27.2 Å². The summed E-state index contributed by atoms with van der Waals surface area (Å²) in [6.07, 6.45) is 0.234. The molecular weight excluding hydrogens is 200 g/mol. The van der Waals surface area contributed by atoms with Gasteiger partial charge in [-0.1, -0.05) is 11.6 Å². The van der Waals surface area contributed by atoms with Crippen LogP contribution in [0.2, 0.25) is 5.02 Å². The quantitative estimate of drug-likeness (QED) is 0.819. The summed E-state index contributed by atoms with van der Waals surface area (Å²) in [6.45, 7) is 5.13. The minimum Gasteiger partial charge on any atom is -0.508 e. The Morgan fingerprint density at radius 2 is 2.07 bits per heavy atom. The van der Waals surface area contributed by atoms with Gasteiger partial charge in [0.15, 0.2) is 0 Å². The summed E-state index contributed by atoms with van der Waals surface area (Å²) in [5.41, 5.74) is 2.25. The first-order chi connectivity index (χ1) is 6.43. The van der Waals surface area contributed by atoms with Gasteiger partial charge >= 0.3 is 0 Å². The van der Waals surface area contributed by atoms with E-state index in [9.17, 15) is 9.90 Å². The Hall–Kier alpha value is -1.02. The van der Waals surface area contributed by atoms with Crippen LogP contribution in [-0.4, -0.2) is 10.9 Å². The molecule has 0 aliphatic heterocycles. The average Bonchev–Trinajstić information content (AvgIpc) is 2.09. The largest absolute Gasteiger partial charge is 0.508 e. The van der Waals surface area contributed by atoms with Crippen molar-refractivity contribution in [2.24, 2.45) is 0 Å². The van der Waals surface area contributed by atoms with Crippen molar-refractivity contribution in [1.29, 1.82) is 0 Å². The summed E-state index contributed by atoms with van der Waals surface area (Å²) >= 11 is 6.02. The van der Waals surface area contributed by atoms with Crippen LogP contribution in [0.15, 0.2) is 6.07 Å². The molecular formula is C11H13ClO2. The second-order valence-corrected chi connectivity index (χ2v) is 3.89. The van der Waals surface area contributed by atoms with Crippen molar-refractivity contribution in [2.75, 3.05) is 0 Å². The van der Waals surface area contributed by atoms with Crippen molar-refractivity contribution in [3.8, 4) is 5.75 Å². The number of phenolic OH excluding ortho intramolecular Hbond substituents is 1. The van der Waals surface area contributed by atoms with E-state index < -0.39 is 0 Å².